The topological polar surface area (TPSA) is 20.2 Å². The predicted molar refractivity (Wildman–Crippen MR) is 94.5 cm³/mol. The lowest BCUT2D eigenvalue weighted by atomic mass is 9.97. The predicted octanol–water partition coefficient (Wildman–Crippen LogP) is 5.64. The molecule has 1 nitrogen and oxygen atoms in total. The molecule has 3 aromatic rings. The zero-order valence-corrected chi connectivity index (χ0v) is 14.4. The van der Waals surface area contributed by atoms with Crippen molar-refractivity contribution < 1.29 is 5.11 Å². The van der Waals surface area contributed by atoms with Crippen LogP contribution in [0.5, 0.6) is 0 Å². The summed E-state index contributed by atoms with van der Waals surface area (Å²) in [5.41, 5.74) is 2.06. The number of halogens is 2. The average molecular weight is 406 g/mol. The maximum absolute atomic E-state index is 10.6. The molecule has 3 rings (SSSR count). The molecular weight excluding hydrogens is 392 g/mol. The van der Waals surface area contributed by atoms with Gasteiger partial charge in [-0.15, -0.1) is 0 Å². The van der Waals surface area contributed by atoms with E-state index in [1.54, 1.807) is 0 Å². The molecule has 0 heterocycles. The number of aliphatic hydroxyl groups is 1. The molecule has 1 atom stereocenters. The standard InChI is InChI=1S/C18H14Br2O/c19-14-8-9-17(20)16(11-14)18(21)10-13-6-3-5-12-4-1-2-7-15(12)13/h1-9,11,18,21H,10H2. The van der Waals surface area contributed by atoms with E-state index in [4.69, 9.17) is 0 Å². The van der Waals surface area contributed by atoms with E-state index in [0.717, 1.165) is 20.1 Å². The Bertz CT molecular complexity index is 778. The van der Waals surface area contributed by atoms with Crippen LogP contribution in [-0.2, 0) is 6.42 Å². The Morgan fingerprint density at radius 2 is 1.67 bits per heavy atom. The van der Waals surface area contributed by atoms with Gasteiger partial charge in [0.05, 0.1) is 6.10 Å². The molecule has 1 N–H and O–H groups in total. The van der Waals surface area contributed by atoms with Gasteiger partial charge in [-0.2, -0.15) is 0 Å². The molecule has 0 bridgehead atoms. The van der Waals surface area contributed by atoms with Crippen molar-refractivity contribution in [3.05, 3.63) is 80.7 Å². The number of rotatable bonds is 3. The van der Waals surface area contributed by atoms with Crippen molar-refractivity contribution in [2.45, 2.75) is 12.5 Å². The van der Waals surface area contributed by atoms with Crippen molar-refractivity contribution in [2.75, 3.05) is 0 Å². The summed E-state index contributed by atoms with van der Waals surface area (Å²) in [5.74, 6) is 0. The molecule has 0 aliphatic heterocycles. The highest BCUT2D eigenvalue weighted by atomic mass is 79.9. The van der Waals surface area contributed by atoms with Crippen molar-refractivity contribution in [1.29, 1.82) is 0 Å². The number of hydrogen-bond donors (Lipinski definition) is 1. The summed E-state index contributed by atoms with van der Waals surface area (Å²) in [7, 11) is 0. The molecule has 0 aromatic heterocycles. The Balaban J connectivity index is 1.96. The first-order valence-electron chi connectivity index (χ1n) is 6.75. The van der Waals surface area contributed by atoms with Crippen LogP contribution in [0.25, 0.3) is 10.8 Å². The second-order valence-electron chi connectivity index (χ2n) is 5.02. The molecule has 0 aliphatic carbocycles. The zero-order valence-electron chi connectivity index (χ0n) is 11.3. The Kier molecular flexibility index (Phi) is 4.43. The smallest absolute Gasteiger partial charge is 0.0841 e. The van der Waals surface area contributed by atoms with Gasteiger partial charge in [-0.3, -0.25) is 0 Å². The highest BCUT2D eigenvalue weighted by Gasteiger charge is 2.14. The second kappa shape index (κ2) is 6.30. The summed E-state index contributed by atoms with van der Waals surface area (Å²) >= 11 is 6.97. The third kappa shape index (κ3) is 3.20. The van der Waals surface area contributed by atoms with Crippen LogP contribution in [0.3, 0.4) is 0 Å². The minimum atomic E-state index is -0.539. The molecule has 0 saturated heterocycles. The minimum Gasteiger partial charge on any atom is -0.388 e. The lowest BCUT2D eigenvalue weighted by Crippen LogP contribution is -2.03. The molecule has 0 saturated carbocycles. The third-order valence-electron chi connectivity index (χ3n) is 3.61. The summed E-state index contributed by atoms with van der Waals surface area (Å²) in [6.45, 7) is 0. The van der Waals surface area contributed by atoms with Crippen molar-refractivity contribution in [3.63, 3.8) is 0 Å². The van der Waals surface area contributed by atoms with Crippen LogP contribution < -0.4 is 0 Å². The highest BCUT2D eigenvalue weighted by molar-refractivity contribution is 9.11. The molecule has 0 amide bonds. The van der Waals surface area contributed by atoms with E-state index in [1.807, 2.05) is 36.4 Å². The SMILES string of the molecule is OC(Cc1cccc2ccccc12)c1cc(Br)ccc1Br. The Hall–Kier alpha value is -1.16. The third-order valence-corrected chi connectivity index (χ3v) is 4.83. The van der Waals surface area contributed by atoms with Crippen LogP contribution in [0.1, 0.15) is 17.2 Å². The molecule has 0 aliphatic rings. The average Bonchev–Trinajstić information content (AvgIpc) is 2.50. The molecule has 1 unspecified atom stereocenters. The fourth-order valence-corrected chi connectivity index (χ4v) is 3.45. The van der Waals surface area contributed by atoms with Crippen molar-refractivity contribution in [2.24, 2.45) is 0 Å². The zero-order chi connectivity index (χ0) is 14.8. The number of fused-ring (bicyclic) bond motifs is 1. The normalized spacial score (nSPS) is 12.5. The summed E-state index contributed by atoms with van der Waals surface area (Å²) in [4.78, 5) is 0. The summed E-state index contributed by atoms with van der Waals surface area (Å²) < 4.78 is 1.90. The first-order valence-corrected chi connectivity index (χ1v) is 8.33. The molecule has 0 radical (unpaired) electrons. The van der Waals surface area contributed by atoms with Gasteiger partial charge in [-0.1, -0.05) is 74.3 Å². The first kappa shape index (κ1) is 14.8. The fraction of sp³-hybridized carbons (Fsp3) is 0.111. The van der Waals surface area contributed by atoms with Crippen LogP contribution in [0.2, 0.25) is 0 Å². The number of hydrogen-bond acceptors (Lipinski definition) is 1. The molecule has 3 aromatic carbocycles. The van der Waals surface area contributed by atoms with Gasteiger partial charge < -0.3 is 5.11 Å². The number of aliphatic hydroxyl groups excluding tert-OH is 1. The van der Waals surface area contributed by atoms with Gasteiger partial charge in [0.1, 0.15) is 0 Å². The lowest BCUT2D eigenvalue weighted by Gasteiger charge is -2.15. The molecule has 106 valence electrons. The van der Waals surface area contributed by atoms with Crippen LogP contribution >= 0.6 is 31.9 Å². The van der Waals surface area contributed by atoms with Gasteiger partial charge in [0, 0.05) is 15.4 Å². The summed E-state index contributed by atoms with van der Waals surface area (Å²) in [5, 5.41) is 13.0. The Morgan fingerprint density at radius 1 is 0.905 bits per heavy atom. The molecule has 0 fully saturated rings. The van der Waals surface area contributed by atoms with Crippen molar-refractivity contribution >= 4 is 42.6 Å². The van der Waals surface area contributed by atoms with Gasteiger partial charge in [-0.25, -0.2) is 0 Å². The maximum Gasteiger partial charge on any atom is 0.0841 e. The van der Waals surface area contributed by atoms with Gasteiger partial charge in [-0.05, 0) is 40.1 Å². The van der Waals surface area contributed by atoms with Gasteiger partial charge in [0.2, 0.25) is 0 Å². The highest BCUT2D eigenvalue weighted by Crippen LogP contribution is 2.30. The van der Waals surface area contributed by atoms with E-state index in [-0.39, 0.29) is 0 Å². The van der Waals surface area contributed by atoms with E-state index in [0.29, 0.717) is 6.42 Å². The van der Waals surface area contributed by atoms with Crippen LogP contribution in [0.15, 0.2) is 69.6 Å². The van der Waals surface area contributed by atoms with Crippen molar-refractivity contribution in [1.82, 2.24) is 0 Å². The summed E-state index contributed by atoms with van der Waals surface area (Å²) in [6, 6.07) is 20.4. The fourth-order valence-electron chi connectivity index (χ4n) is 2.56. The first-order chi connectivity index (χ1) is 10.1. The van der Waals surface area contributed by atoms with E-state index >= 15 is 0 Å². The lowest BCUT2D eigenvalue weighted by molar-refractivity contribution is 0.178. The second-order valence-corrected chi connectivity index (χ2v) is 6.79. The van der Waals surface area contributed by atoms with E-state index < -0.39 is 6.10 Å². The number of benzene rings is 3. The molecule has 0 spiro atoms. The largest absolute Gasteiger partial charge is 0.388 e. The molecule has 3 heteroatoms. The molecular formula is C18H14Br2O. The monoisotopic (exact) mass is 404 g/mol. The minimum absolute atomic E-state index is 0.539. The van der Waals surface area contributed by atoms with Crippen LogP contribution in [0.4, 0.5) is 0 Å². The Labute approximate surface area is 140 Å². The van der Waals surface area contributed by atoms with E-state index in [9.17, 15) is 5.11 Å². The maximum atomic E-state index is 10.6. The van der Waals surface area contributed by atoms with Gasteiger partial charge in [0.25, 0.3) is 0 Å². The van der Waals surface area contributed by atoms with E-state index in [1.165, 1.54) is 10.8 Å². The summed E-state index contributed by atoms with van der Waals surface area (Å²) in [6.07, 6.45) is 0.0545. The quantitative estimate of drug-likeness (QED) is 0.597. The van der Waals surface area contributed by atoms with Crippen LogP contribution in [0, 0.1) is 0 Å². The van der Waals surface area contributed by atoms with Crippen LogP contribution in [-0.4, -0.2) is 5.11 Å². The van der Waals surface area contributed by atoms with Gasteiger partial charge in [0.15, 0.2) is 0 Å². The van der Waals surface area contributed by atoms with E-state index in [2.05, 4.69) is 56.1 Å². The van der Waals surface area contributed by atoms with Crippen molar-refractivity contribution in [3.8, 4) is 0 Å². The molecule has 21 heavy (non-hydrogen) atoms. The van der Waals surface area contributed by atoms with Gasteiger partial charge >= 0.3 is 0 Å². The Morgan fingerprint density at radius 3 is 2.52 bits per heavy atom.